The number of hydrogen-bond acceptors (Lipinski definition) is 6. The van der Waals surface area contributed by atoms with Gasteiger partial charge in [-0.3, -0.25) is 9.69 Å². The molecule has 3 saturated heterocycles. The van der Waals surface area contributed by atoms with E-state index in [2.05, 4.69) is 22.1 Å². The quantitative estimate of drug-likeness (QED) is 0.871. The zero-order valence-corrected chi connectivity index (χ0v) is 15.6. The van der Waals surface area contributed by atoms with Crippen molar-refractivity contribution in [3.63, 3.8) is 0 Å². The summed E-state index contributed by atoms with van der Waals surface area (Å²) in [5, 5.41) is 4.08. The molecule has 24 heavy (non-hydrogen) atoms. The number of nitrogens with zero attached hydrogens (tertiary/aromatic N) is 2. The Hall–Kier alpha value is -1.02. The second-order valence-corrected chi connectivity index (χ2v) is 8.99. The van der Waals surface area contributed by atoms with E-state index in [0.29, 0.717) is 22.3 Å². The monoisotopic (exact) mass is 383 g/mol. The molecule has 5 rings (SSSR count). The van der Waals surface area contributed by atoms with Crippen molar-refractivity contribution in [2.75, 3.05) is 13.1 Å². The van der Waals surface area contributed by atoms with Gasteiger partial charge in [-0.25, -0.2) is 0 Å². The largest absolute Gasteiger partial charge is 0.438 e. The Morgan fingerprint density at radius 2 is 2.25 bits per heavy atom. The Balaban J connectivity index is 1.41. The minimum atomic E-state index is 0.0166. The number of thiophene rings is 1. The van der Waals surface area contributed by atoms with Crippen LogP contribution in [0.15, 0.2) is 32.2 Å². The van der Waals surface area contributed by atoms with Crippen LogP contribution in [0.3, 0.4) is 0 Å². The summed E-state index contributed by atoms with van der Waals surface area (Å²) >= 11 is 8.58. The van der Waals surface area contributed by atoms with Gasteiger partial charge in [0.2, 0.25) is 0 Å². The molecule has 8 heteroatoms. The topological polar surface area (TPSA) is 58.4 Å². The number of carbonyl (C=O) groups is 1. The Labute approximate surface area is 153 Å². The molecule has 0 saturated carbocycles. The van der Waals surface area contributed by atoms with Crippen molar-refractivity contribution in [2.45, 2.75) is 41.3 Å². The van der Waals surface area contributed by atoms with E-state index >= 15 is 0 Å². The van der Waals surface area contributed by atoms with Crippen LogP contribution >= 0.6 is 34.7 Å². The summed E-state index contributed by atoms with van der Waals surface area (Å²) in [6.45, 7) is 4.55. The molecule has 0 aliphatic carbocycles. The van der Waals surface area contributed by atoms with Crippen molar-refractivity contribution in [1.82, 2.24) is 15.2 Å². The molecule has 128 valence electrons. The van der Waals surface area contributed by atoms with E-state index in [0.717, 1.165) is 22.2 Å². The van der Waals surface area contributed by atoms with Gasteiger partial charge in [0, 0.05) is 12.1 Å². The van der Waals surface area contributed by atoms with Gasteiger partial charge in [0.25, 0.3) is 11.1 Å². The first kappa shape index (κ1) is 16.4. The maximum atomic E-state index is 12.6. The zero-order valence-electron chi connectivity index (χ0n) is 13.2. The lowest BCUT2D eigenvalue weighted by atomic mass is 9.79. The number of piperidine rings is 3. The standard InChI is InChI=1S/C16H18ClN3O2S2/c1-9-14(10-4-6-20(9)7-5-10)19-15(21)11-2-3-13(23-11)24-16-18-12(17)8-22-16/h2-3,8-10,14H,4-7H2,1H3,(H,19,21). The molecule has 3 aliphatic heterocycles. The smallest absolute Gasteiger partial charge is 0.262 e. The van der Waals surface area contributed by atoms with E-state index in [-0.39, 0.29) is 11.9 Å². The molecule has 5 nitrogen and oxygen atoms in total. The number of amides is 1. The van der Waals surface area contributed by atoms with Crippen molar-refractivity contribution in [3.05, 3.63) is 28.4 Å². The van der Waals surface area contributed by atoms with Gasteiger partial charge in [-0.15, -0.1) is 11.3 Å². The molecule has 3 aliphatic rings. The molecular formula is C16H18ClN3O2S2. The predicted molar refractivity (Wildman–Crippen MR) is 95.0 cm³/mol. The summed E-state index contributed by atoms with van der Waals surface area (Å²) in [4.78, 5) is 19.9. The summed E-state index contributed by atoms with van der Waals surface area (Å²) in [6, 6.07) is 4.45. The van der Waals surface area contributed by atoms with Crippen molar-refractivity contribution in [1.29, 1.82) is 0 Å². The third kappa shape index (κ3) is 3.22. The van der Waals surface area contributed by atoms with Crippen molar-refractivity contribution in [3.8, 4) is 0 Å². The molecule has 2 atom stereocenters. The number of carbonyl (C=O) groups excluding carboxylic acids is 1. The van der Waals surface area contributed by atoms with Gasteiger partial charge in [-0.1, -0.05) is 11.6 Å². The average molecular weight is 384 g/mol. The van der Waals surface area contributed by atoms with Gasteiger partial charge in [0.1, 0.15) is 6.26 Å². The fourth-order valence-corrected chi connectivity index (χ4v) is 5.65. The maximum Gasteiger partial charge on any atom is 0.262 e. The van der Waals surface area contributed by atoms with E-state index in [4.69, 9.17) is 16.0 Å². The van der Waals surface area contributed by atoms with Crippen LogP contribution in [0.4, 0.5) is 0 Å². The fraction of sp³-hybridized carbons (Fsp3) is 0.500. The third-order valence-electron chi connectivity index (χ3n) is 4.92. The van der Waals surface area contributed by atoms with Gasteiger partial charge >= 0.3 is 0 Å². The van der Waals surface area contributed by atoms with Crippen LogP contribution in [0, 0.1) is 5.92 Å². The van der Waals surface area contributed by atoms with Crippen LogP contribution < -0.4 is 5.32 Å². The third-order valence-corrected chi connectivity index (χ3v) is 7.18. The van der Waals surface area contributed by atoms with Crippen LogP contribution in [0.25, 0.3) is 0 Å². The highest BCUT2D eigenvalue weighted by Gasteiger charge is 2.40. The first-order valence-electron chi connectivity index (χ1n) is 8.04. The van der Waals surface area contributed by atoms with Gasteiger partial charge in [-0.05, 0) is 62.7 Å². The second-order valence-electron chi connectivity index (χ2n) is 6.27. The van der Waals surface area contributed by atoms with Crippen LogP contribution in [-0.2, 0) is 0 Å². The van der Waals surface area contributed by atoms with Crippen molar-refractivity contribution < 1.29 is 9.21 Å². The number of rotatable bonds is 4. The van der Waals surface area contributed by atoms with Gasteiger partial charge in [-0.2, -0.15) is 4.98 Å². The average Bonchev–Trinajstić information content (AvgIpc) is 3.21. The van der Waals surface area contributed by atoms with Crippen LogP contribution in [0.5, 0.6) is 0 Å². The number of aromatic nitrogens is 1. The highest BCUT2D eigenvalue weighted by atomic mass is 35.5. The van der Waals surface area contributed by atoms with E-state index in [1.807, 2.05) is 12.1 Å². The summed E-state index contributed by atoms with van der Waals surface area (Å²) in [7, 11) is 0. The molecule has 0 aromatic carbocycles. The Morgan fingerprint density at radius 1 is 1.46 bits per heavy atom. The highest BCUT2D eigenvalue weighted by Crippen LogP contribution is 2.35. The summed E-state index contributed by atoms with van der Waals surface area (Å²) in [6.07, 6.45) is 3.78. The van der Waals surface area contributed by atoms with Crippen LogP contribution in [-0.4, -0.2) is 41.0 Å². The molecule has 1 N–H and O–H groups in total. The SMILES string of the molecule is CC1C(NC(=O)c2ccc(Sc3nc(Cl)co3)s2)C2CCN1CC2. The van der Waals surface area contributed by atoms with Gasteiger partial charge in [0.05, 0.1) is 9.09 Å². The Bertz CT molecular complexity index is 737. The fourth-order valence-electron chi connectivity index (χ4n) is 3.64. The lowest BCUT2D eigenvalue weighted by Crippen LogP contribution is -2.62. The highest BCUT2D eigenvalue weighted by molar-refractivity contribution is 8.01. The van der Waals surface area contributed by atoms with Crippen molar-refractivity contribution >= 4 is 40.6 Å². The summed E-state index contributed by atoms with van der Waals surface area (Å²) in [5.41, 5.74) is 0. The minimum absolute atomic E-state index is 0.0166. The van der Waals surface area contributed by atoms with E-state index < -0.39 is 0 Å². The summed E-state index contributed by atoms with van der Waals surface area (Å²) in [5.74, 6) is 0.625. The first-order chi connectivity index (χ1) is 11.6. The molecule has 3 fully saturated rings. The minimum Gasteiger partial charge on any atom is -0.438 e. The molecule has 2 aromatic rings. The number of oxazole rings is 1. The summed E-state index contributed by atoms with van der Waals surface area (Å²) < 4.78 is 6.19. The second kappa shape index (κ2) is 6.71. The molecule has 1 amide bonds. The van der Waals surface area contributed by atoms with Crippen molar-refractivity contribution in [2.24, 2.45) is 5.92 Å². The number of halogens is 1. The maximum absolute atomic E-state index is 12.6. The molecular weight excluding hydrogens is 366 g/mol. The van der Waals surface area contributed by atoms with Gasteiger partial charge < -0.3 is 9.73 Å². The molecule has 5 heterocycles. The lowest BCUT2D eigenvalue weighted by Gasteiger charge is -2.49. The number of fused-ring (bicyclic) bond motifs is 3. The van der Waals surface area contributed by atoms with E-state index in [1.165, 1.54) is 42.2 Å². The Kier molecular flexibility index (Phi) is 4.60. The molecule has 2 bridgehead atoms. The molecule has 2 unspecified atom stereocenters. The molecule has 0 radical (unpaired) electrons. The predicted octanol–water partition coefficient (Wildman–Crippen LogP) is 3.75. The zero-order chi connectivity index (χ0) is 16.7. The van der Waals surface area contributed by atoms with E-state index in [9.17, 15) is 4.79 Å². The van der Waals surface area contributed by atoms with Crippen LogP contribution in [0.1, 0.15) is 29.4 Å². The molecule has 2 aromatic heterocycles. The lowest BCUT2D eigenvalue weighted by molar-refractivity contribution is 0.0218. The molecule has 0 spiro atoms. The number of hydrogen-bond donors (Lipinski definition) is 1. The van der Waals surface area contributed by atoms with Crippen LogP contribution in [0.2, 0.25) is 5.15 Å². The van der Waals surface area contributed by atoms with Gasteiger partial charge in [0.15, 0.2) is 5.15 Å². The number of nitrogens with one attached hydrogen (secondary N) is 1. The normalized spacial score (nSPS) is 28.9. The van der Waals surface area contributed by atoms with E-state index in [1.54, 1.807) is 0 Å². The first-order valence-corrected chi connectivity index (χ1v) is 10.0. The Morgan fingerprint density at radius 3 is 2.92 bits per heavy atom.